The lowest BCUT2D eigenvalue weighted by atomic mass is 10.1. The van der Waals surface area contributed by atoms with Crippen LogP contribution < -0.4 is 0 Å². The van der Waals surface area contributed by atoms with Crippen molar-refractivity contribution in [1.82, 2.24) is 0 Å². The summed E-state index contributed by atoms with van der Waals surface area (Å²) < 4.78 is 11.1. The number of ether oxygens (including phenoxy) is 2. The molecule has 2 aliphatic rings. The third-order valence-electron chi connectivity index (χ3n) is 3.28. The molecule has 6 heteroatoms. The number of aliphatic hydroxyl groups is 4. The van der Waals surface area contributed by atoms with Gasteiger partial charge in [-0.05, 0) is 0 Å². The second-order valence-electron chi connectivity index (χ2n) is 4.40. The van der Waals surface area contributed by atoms with Crippen LogP contribution in [0.3, 0.4) is 0 Å². The standard InChI is InChI=1S/C10H18O6/c11-3-5(13)7-1-9-10(15-7)2-8(16-9)6(14)4-12/h5-14H,1-4H2/t5-,6+,7+,8-,9-,10-/m1/s1. The summed E-state index contributed by atoms with van der Waals surface area (Å²) in [7, 11) is 0. The van der Waals surface area contributed by atoms with Gasteiger partial charge in [-0.15, -0.1) is 0 Å². The van der Waals surface area contributed by atoms with Crippen molar-refractivity contribution < 1.29 is 29.9 Å². The van der Waals surface area contributed by atoms with Crippen molar-refractivity contribution >= 4 is 0 Å². The predicted octanol–water partition coefficient (Wildman–Crippen LogP) is -1.99. The molecule has 0 amide bonds. The van der Waals surface area contributed by atoms with Crippen molar-refractivity contribution in [2.24, 2.45) is 0 Å². The Labute approximate surface area is 93.4 Å². The number of hydrogen-bond donors (Lipinski definition) is 4. The fourth-order valence-electron chi connectivity index (χ4n) is 2.34. The van der Waals surface area contributed by atoms with Crippen molar-refractivity contribution in [2.45, 2.75) is 49.5 Å². The molecular formula is C10H18O6. The molecule has 0 saturated carbocycles. The Kier molecular flexibility index (Phi) is 3.78. The van der Waals surface area contributed by atoms with Crippen LogP contribution in [0, 0.1) is 0 Å². The van der Waals surface area contributed by atoms with Crippen molar-refractivity contribution in [3.8, 4) is 0 Å². The van der Waals surface area contributed by atoms with E-state index in [9.17, 15) is 10.2 Å². The molecule has 2 rings (SSSR count). The van der Waals surface area contributed by atoms with Gasteiger partial charge in [-0.1, -0.05) is 0 Å². The Morgan fingerprint density at radius 1 is 0.875 bits per heavy atom. The summed E-state index contributed by atoms with van der Waals surface area (Å²) >= 11 is 0. The van der Waals surface area contributed by atoms with Gasteiger partial charge >= 0.3 is 0 Å². The molecule has 0 aromatic heterocycles. The molecule has 0 aliphatic carbocycles. The van der Waals surface area contributed by atoms with Crippen LogP contribution in [-0.2, 0) is 9.47 Å². The Morgan fingerprint density at radius 2 is 1.25 bits per heavy atom. The van der Waals surface area contributed by atoms with E-state index in [4.69, 9.17) is 19.7 Å². The van der Waals surface area contributed by atoms with Crippen LogP contribution >= 0.6 is 0 Å². The van der Waals surface area contributed by atoms with Crippen LogP contribution in [0.4, 0.5) is 0 Å². The quantitative estimate of drug-likeness (QED) is 0.449. The average Bonchev–Trinajstić information content (AvgIpc) is 2.84. The summed E-state index contributed by atoms with van der Waals surface area (Å²) in [5.74, 6) is 0. The topological polar surface area (TPSA) is 99.4 Å². The first-order valence-electron chi connectivity index (χ1n) is 5.54. The number of rotatable bonds is 4. The summed E-state index contributed by atoms with van der Waals surface area (Å²) in [5.41, 5.74) is 0. The van der Waals surface area contributed by atoms with Gasteiger partial charge in [-0.3, -0.25) is 0 Å². The lowest BCUT2D eigenvalue weighted by Crippen LogP contribution is -2.33. The number of aliphatic hydroxyl groups excluding tert-OH is 4. The fourth-order valence-corrected chi connectivity index (χ4v) is 2.34. The van der Waals surface area contributed by atoms with Crippen LogP contribution in [0.2, 0.25) is 0 Å². The molecule has 0 aromatic rings. The maximum Gasteiger partial charge on any atom is 0.103 e. The van der Waals surface area contributed by atoms with E-state index in [0.29, 0.717) is 12.8 Å². The van der Waals surface area contributed by atoms with Gasteiger partial charge in [0.1, 0.15) is 12.2 Å². The highest BCUT2D eigenvalue weighted by Gasteiger charge is 2.47. The third-order valence-corrected chi connectivity index (χ3v) is 3.28. The Morgan fingerprint density at radius 3 is 1.56 bits per heavy atom. The molecule has 0 aromatic carbocycles. The van der Waals surface area contributed by atoms with Crippen LogP contribution in [0.25, 0.3) is 0 Å². The first kappa shape index (κ1) is 12.2. The van der Waals surface area contributed by atoms with Gasteiger partial charge in [0.15, 0.2) is 0 Å². The first-order chi connectivity index (χ1) is 7.65. The molecule has 2 aliphatic heterocycles. The highest BCUT2D eigenvalue weighted by Crippen LogP contribution is 2.36. The predicted molar refractivity (Wildman–Crippen MR) is 52.7 cm³/mol. The summed E-state index contributed by atoms with van der Waals surface area (Å²) in [5, 5.41) is 36.4. The van der Waals surface area contributed by atoms with Gasteiger partial charge < -0.3 is 29.9 Å². The fraction of sp³-hybridized carbons (Fsp3) is 1.00. The Hall–Kier alpha value is -0.240. The van der Waals surface area contributed by atoms with E-state index in [2.05, 4.69) is 0 Å². The second-order valence-corrected chi connectivity index (χ2v) is 4.40. The SMILES string of the molecule is OC[C@@H](O)[C@@H]1C[C@H]2O[C@@H]([C@@H](O)CO)C[C@H]2O1. The Balaban J connectivity index is 1.86. The maximum atomic E-state index is 9.41. The minimum absolute atomic E-state index is 0.155. The van der Waals surface area contributed by atoms with E-state index in [1.807, 2.05) is 0 Å². The molecule has 6 atom stereocenters. The van der Waals surface area contributed by atoms with Gasteiger partial charge in [-0.2, -0.15) is 0 Å². The van der Waals surface area contributed by atoms with Gasteiger partial charge in [0.25, 0.3) is 0 Å². The maximum absolute atomic E-state index is 9.41. The molecule has 0 bridgehead atoms. The molecular weight excluding hydrogens is 216 g/mol. The first-order valence-corrected chi connectivity index (χ1v) is 5.54. The van der Waals surface area contributed by atoms with Gasteiger partial charge in [-0.25, -0.2) is 0 Å². The third kappa shape index (κ3) is 2.22. The van der Waals surface area contributed by atoms with Gasteiger partial charge in [0.05, 0.1) is 37.6 Å². The van der Waals surface area contributed by atoms with Gasteiger partial charge in [0.2, 0.25) is 0 Å². The van der Waals surface area contributed by atoms with E-state index in [1.54, 1.807) is 0 Å². The van der Waals surface area contributed by atoms with Crippen LogP contribution in [-0.4, -0.2) is 70.3 Å². The van der Waals surface area contributed by atoms with Crippen LogP contribution in [0.15, 0.2) is 0 Å². The smallest absolute Gasteiger partial charge is 0.103 e. The minimum Gasteiger partial charge on any atom is -0.394 e. The van der Waals surface area contributed by atoms with E-state index in [-0.39, 0.29) is 25.4 Å². The summed E-state index contributed by atoms with van der Waals surface area (Å²) in [6.45, 7) is -0.653. The largest absolute Gasteiger partial charge is 0.394 e. The van der Waals surface area contributed by atoms with E-state index < -0.39 is 24.4 Å². The summed E-state index contributed by atoms with van der Waals surface area (Å²) in [6.07, 6.45) is -1.83. The minimum atomic E-state index is -0.879. The number of fused-ring (bicyclic) bond motifs is 1. The molecule has 2 saturated heterocycles. The van der Waals surface area contributed by atoms with Crippen molar-refractivity contribution in [1.29, 1.82) is 0 Å². The summed E-state index contributed by atoms with van der Waals surface area (Å²) in [4.78, 5) is 0. The molecule has 0 unspecified atom stereocenters. The van der Waals surface area contributed by atoms with E-state index in [1.165, 1.54) is 0 Å². The highest BCUT2D eigenvalue weighted by molar-refractivity contribution is 4.94. The average molecular weight is 234 g/mol. The van der Waals surface area contributed by atoms with Gasteiger partial charge in [0, 0.05) is 12.8 Å². The van der Waals surface area contributed by atoms with Crippen molar-refractivity contribution in [2.75, 3.05) is 13.2 Å². The summed E-state index contributed by atoms with van der Waals surface area (Å²) in [6, 6.07) is 0. The molecule has 6 nitrogen and oxygen atoms in total. The zero-order valence-corrected chi connectivity index (χ0v) is 8.90. The highest BCUT2D eigenvalue weighted by atomic mass is 16.6. The lowest BCUT2D eigenvalue weighted by molar-refractivity contribution is -0.0664. The van der Waals surface area contributed by atoms with Crippen LogP contribution in [0.5, 0.6) is 0 Å². The second kappa shape index (κ2) is 4.95. The Bertz CT molecular complexity index is 199. The molecule has 2 heterocycles. The van der Waals surface area contributed by atoms with E-state index in [0.717, 1.165) is 0 Å². The van der Waals surface area contributed by atoms with Crippen molar-refractivity contribution in [3.63, 3.8) is 0 Å². The molecule has 4 N–H and O–H groups in total. The van der Waals surface area contributed by atoms with Crippen molar-refractivity contribution in [3.05, 3.63) is 0 Å². The zero-order valence-electron chi connectivity index (χ0n) is 8.90. The zero-order chi connectivity index (χ0) is 11.7. The molecule has 16 heavy (non-hydrogen) atoms. The number of hydrogen-bond acceptors (Lipinski definition) is 6. The van der Waals surface area contributed by atoms with E-state index >= 15 is 0 Å². The van der Waals surface area contributed by atoms with Crippen LogP contribution in [0.1, 0.15) is 12.8 Å². The lowest BCUT2D eigenvalue weighted by Gasteiger charge is -2.20. The molecule has 94 valence electrons. The molecule has 0 spiro atoms. The molecule has 0 radical (unpaired) electrons. The normalized spacial score (nSPS) is 42.0. The monoisotopic (exact) mass is 234 g/mol. The molecule has 2 fully saturated rings.